The topological polar surface area (TPSA) is 61.9 Å². The van der Waals surface area contributed by atoms with Gasteiger partial charge in [-0.15, -0.1) is 0 Å². The fraction of sp³-hybridized carbons (Fsp3) is 0.647. The van der Waals surface area contributed by atoms with Gasteiger partial charge in [0.15, 0.2) is 0 Å². The maximum Gasteiger partial charge on any atom is 0.279 e. The van der Waals surface area contributed by atoms with E-state index in [1.54, 1.807) is 7.11 Å². The molecule has 7 heteroatoms. The van der Waals surface area contributed by atoms with Crippen LogP contribution in [0.1, 0.15) is 38.3 Å². The molecule has 136 valence electrons. The molecule has 0 amide bonds. The standard InChI is InChI=1S/C17H29N3O3S/c1-4-20(5-2)24(21,22)18-14-17(19-11-6-7-12-19)15-9-8-10-16(13-15)23-3/h8-10,13,17-18H,4-7,11-12,14H2,1-3H3. The minimum atomic E-state index is -3.45. The second-order valence-electron chi connectivity index (χ2n) is 5.97. The highest BCUT2D eigenvalue weighted by atomic mass is 32.2. The third-order valence-electron chi connectivity index (χ3n) is 4.56. The molecule has 1 atom stereocenters. The number of nitrogens with zero attached hydrogens (tertiary/aromatic N) is 2. The van der Waals surface area contributed by atoms with Crippen LogP contribution in [-0.4, -0.2) is 57.5 Å². The van der Waals surface area contributed by atoms with Crippen LogP contribution in [0.2, 0.25) is 0 Å². The van der Waals surface area contributed by atoms with Gasteiger partial charge in [0.1, 0.15) is 5.75 Å². The predicted molar refractivity (Wildman–Crippen MR) is 96.4 cm³/mol. The van der Waals surface area contributed by atoms with Crippen molar-refractivity contribution in [3.05, 3.63) is 29.8 Å². The Balaban J connectivity index is 2.18. The number of benzene rings is 1. The number of nitrogens with one attached hydrogen (secondary N) is 1. The number of ether oxygens (including phenoxy) is 1. The average molecular weight is 356 g/mol. The first-order valence-corrected chi connectivity index (χ1v) is 10.1. The molecule has 1 heterocycles. The third kappa shape index (κ3) is 4.69. The Bertz CT molecular complexity index is 611. The molecule has 0 radical (unpaired) electrons. The number of rotatable bonds is 9. The van der Waals surface area contributed by atoms with Crippen LogP contribution in [-0.2, 0) is 10.2 Å². The van der Waals surface area contributed by atoms with E-state index in [0.29, 0.717) is 19.6 Å². The number of hydrogen-bond donors (Lipinski definition) is 1. The second-order valence-corrected chi connectivity index (χ2v) is 7.73. The molecule has 0 saturated carbocycles. The number of methoxy groups -OCH3 is 1. The SMILES string of the molecule is CCN(CC)S(=O)(=O)NCC(c1cccc(OC)c1)N1CCCC1. The molecule has 1 aromatic rings. The monoisotopic (exact) mass is 355 g/mol. The van der Waals surface area contributed by atoms with Gasteiger partial charge in [0, 0.05) is 25.7 Å². The molecule has 1 fully saturated rings. The molecular formula is C17H29N3O3S. The Morgan fingerprint density at radius 2 is 1.92 bits per heavy atom. The summed E-state index contributed by atoms with van der Waals surface area (Å²) in [7, 11) is -1.80. The smallest absolute Gasteiger partial charge is 0.279 e. The van der Waals surface area contributed by atoms with E-state index in [2.05, 4.69) is 9.62 Å². The van der Waals surface area contributed by atoms with Crippen LogP contribution >= 0.6 is 0 Å². The van der Waals surface area contributed by atoms with Gasteiger partial charge in [-0.05, 0) is 43.6 Å². The van der Waals surface area contributed by atoms with Gasteiger partial charge in [-0.25, -0.2) is 4.72 Å². The molecule has 0 aliphatic carbocycles. The van der Waals surface area contributed by atoms with Crippen molar-refractivity contribution in [2.24, 2.45) is 0 Å². The summed E-state index contributed by atoms with van der Waals surface area (Å²) in [5.41, 5.74) is 1.08. The van der Waals surface area contributed by atoms with E-state index in [0.717, 1.165) is 37.2 Å². The van der Waals surface area contributed by atoms with Gasteiger partial charge in [0.2, 0.25) is 0 Å². The van der Waals surface area contributed by atoms with Gasteiger partial charge >= 0.3 is 0 Å². The molecule has 24 heavy (non-hydrogen) atoms. The molecule has 6 nitrogen and oxygen atoms in total. The highest BCUT2D eigenvalue weighted by Gasteiger charge is 2.27. The Kier molecular flexibility index (Phi) is 7.03. The summed E-state index contributed by atoms with van der Waals surface area (Å²) in [6, 6.07) is 7.92. The van der Waals surface area contributed by atoms with Gasteiger partial charge in [-0.2, -0.15) is 12.7 Å². The van der Waals surface area contributed by atoms with Crippen molar-refractivity contribution in [3.8, 4) is 5.75 Å². The summed E-state index contributed by atoms with van der Waals surface area (Å²) >= 11 is 0. The number of hydrogen-bond acceptors (Lipinski definition) is 4. The van der Waals surface area contributed by atoms with Crippen molar-refractivity contribution >= 4 is 10.2 Å². The zero-order valence-electron chi connectivity index (χ0n) is 14.9. The lowest BCUT2D eigenvalue weighted by atomic mass is 10.1. The highest BCUT2D eigenvalue weighted by Crippen LogP contribution is 2.27. The lowest BCUT2D eigenvalue weighted by Crippen LogP contribution is -2.44. The van der Waals surface area contributed by atoms with Gasteiger partial charge in [0.05, 0.1) is 7.11 Å². The molecular weight excluding hydrogens is 326 g/mol. The van der Waals surface area contributed by atoms with Crippen LogP contribution in [0.15, 0.2) is 24.3 Å². The maximum absolute atomic E-state index is 12.4. The van der Waals surface area contributed by atoms with Crippen molar-refractivity contribution in [1.29, 1.82) is 0 Å². The first kappa shape index (κ1) is 19.2. The van der Waals surface area contributed by atoms with E-state index >= 15 is 0 Å². The normalized spacial score (nSPS) is 17.3. The highest BCUT2D eigenvalue weighted by molar-refractivity contribution is 7.87. The lowest BCUT2D eigenvalue weighted by Gasteiger charge is -2.29. The Labute approximate surface area is 146 Å². The first-order valence-electron chi connectivity index (χ1n) is 8.64. The quantitative estimate of drug-likeness (QED) is 0.736. The van der Waals surface area contributed by atoms with Crippen LogP contribution in [0.4, 0.5) is 0 Å². The van der Waals surface area contributed by atoms with Crippen molar-refractivity contribution in [2.45, 2.75) is 32.7 Å². The van der Waals surface area contributed by atoms with Crippen molar-refractivity contribution in [3.63, 3.8) is 0 Å². The van der Waals surface area contributed by atoms with Gasteiger partial charge in [0.25, 0.3) is 10.2 Å². The van der Waals surface area contributed by atoms with Crippen LogP contribution in [0.25, 0.3) is 0 Å². The summed E-state index contributed by atoms with van der Waals surface area (Å²) in [5, 5.41) is 0. The average Bonchev–Trinajstić information content (AvgIpc) is 3.10. The van der Waals surface area contributed by atoms with Crippen LogP contribution in [0.3, 0.4) is 0 Å². The van der Waals surface area contributed by atoms with E-state index in [-0.39, 0.29) is 6.04 Å². The molecule has 1 saturated heterocycles. The van der Waals surface area contributed by atoms with Crippen LogP contribution < -0.4 is 9.46 Å². The lowest BCUT2D eigenvalue weighted by molar-refractivity contribution is 0.244. The molecule has 0 aromatic heterocycles. The summed E-state index contributed by atoms with van der Waals surface area (Å²) in [6.07, 6.45) is 2.31. The Morgan fingerprint density at radius 3 is 2.50 bits per heavy atom. The minimum absolute atomic E-state index is 0.0212. The second kappa shape index (κ2) is 8.80. The van der Waals surface area contributed by atoms with E-state index in [1.807, 2.05) is 38.1 Å². The summed E-state index contributed by atoms with van der Waals surface area (Å²) in [5.74, 6) is 0.795. The van der Waals surface area contributed by atoms with Crippen molar-refractivity contribution < 1.29 is 13.2 Å². The fourth-order valence-electron chi connectivity index (χ4n) is 3.20. The Morgan fingerprint density at radius 1 is 1.25 bits per heavy atom. The zero-order valence-corrected chi connectivity index (χ0v) is 15.7. The van der Waals surface area contributed by atoms with Crippen molar-refractivity contribution in [1.82, 2.24) is 13.9 Å². The maximum atomic E-state index is 12.4. The summed E-state index contributed by atoms with van der Waals surface area (Å²) in [6.45, 7) is 7.00. The molecule has 0 spiro atoms. The van der Waals surface area contributed by atoms with Crippen LogP contribution in [0.5, 0.6) is 5.75 Å². The molecule has 0 bridgehead atoms. The zero-order chi connectivity index (χ0) is 17.6. The van der Waals surface area contributed by atoms with Gasteiger partial charge < -0.3 is 4.74 Å². The van der Waals surface area contributed by atoms with Crippen LogP contribution in [0, 0.1) is 0 Å². The van der Waals surface area contributed by atoms with Gasteiger partial charge in [-0.3, -0.25) is 4.90 Å². The largest absolute Gasteiger partial charge is 0.497 e. The van der Waals surface area contributed by atoms with E-state index in [1.165, 1.54) is 4.31 Å². The third-order valence-corrected chi connectivity index (χ3v) is 6.29. The fourth-order valence-corrected chi connectivity index (χ4v) is 4.43. The summed E-state index contributed by atoms with van der Waals surface area (Å²) in [4.78, 5) is 2.35. The molecule has 1 aliphatic heterocycles. The molecule has 1 unspecified atom stereocenters. The summed E-state index contributed by atoms with van der Waals surface area (Å²) < 4.78 is 34.4. The van der Waals surface area contributed by atoms with E-state index < -0.39 is 10.2 Å². The molecule has 1 aromatic carbocycles. The van der Waals surface area contributed by atoms with E-state index in [4.69, 9.17) is 4.74 Å². The number of likely N-dealkylation sites (tertiary alicyclic amines) is 1. The van der Waals surface area contributed by atoms with E-state index in [9.17, 15) is 8.42 Å². The molecule has 2 rings (SSSR count). The Hall–Kier alpha value is -1.15. The van der Waals surface area contributed by atoms with Gasteiger partial charge in [-0.1, -0.05) is 26.0 Å². The molecule has 1 N–H and O–H groups in total. The first-order chi connectivity index (χ1) is 11.5. The molecule has 1 aliphatic rings. The minimum Gasteiger partial charge on any atom is -0.497 e. The predicted octanol–water partition coefficient (Wildman–Crippen LogP) is 2.01. The van der Waals surface area contributed by atoms with Crippen molar-refractivity contribution in [2.75, 3.05) is 39.8 Å².